The molecule has 0 amide bonds. The Bertz CT molecular complexity index is 393. The molecule has 1 aliphatic heterocycles. The molecule has 2 unspecified atom stereocenters. The van der Waals surface area contributed by atoms with Gasteiger partial charge in [-0.1, -0.05) is 26.7 Å². The number of hydrogen-bond donors (Lipinski definition) is 1. The van der Waals surface area contributed by atoms with Gasteiger partial charge in [0.15, 0.2) is 0 Å². The van der Waals surface area contributed by atoms with Gasteiger partial charge in [0, 0.05) is 0 Å². The van der Waals surface area contributed by atoms with Gasteiger partial charge >= 0.3 is 17.9 Å². The van der Waals surface area contributed by atoms with Crippen molar-refractivity contribution in [3.8, 4) is 0 Å². The van der Waals surface area contributed by atoms with E-state index in [1.54, 1.807) is 0 Å². The summed E-state index contributed by atoms with van der Waals surface area (Å²) in [6, 6.07) is 0. The van der Waals surface area contributed by atoms with Crippen molar-refractivity contribution in [3.05, 3.63) is 0 Å². The van der Waals surface area contributed by atoms with Crippen molar-refractivity contribution < 1.29 is 33.7 Å². The van der Waals surface area contributed by atoms with Gasteiger partial charge < -0.3 is 19.3 Å². The fraction of sp³-hybridized carbons (Fsp3) is 0.786. The summed E-state index contributed by atoms with van der Waals surface area (Å²) in [5, 5.41) is 10.1. The van der Waals surface area contributed by atoms with Crippen LogP contribution in [-0.4, -0.2) is 47.9 Å². The molecule has 0 aliphatic carbocycles. The first kappa shape index (κ1) is 17.4. The van der Waals surface area contributed by atoms with E-state index in [-0.39, 0.29) is 13.2 Å². The number of carbonyl (C=O) groups excluding carboxylic acids is 3. The molecule has 21 heavy (non-hydrogen) atoms. The molecule has 1 N–H and O–H groups in total. The smallest absolute Gasteiger partial charge is 0.351 e. The highest BCUT2D eigenvalue weighted by Crippen LogP contribution is 2.32. The van der Waals surface area contributed by atoms with Crippen molar-refractivity contribution in [1.29, 1.82) is 0 Å². The molecule has 2 atom stereocenters. The molecule has 0 aromatic rings. The number of ether oxygens (including phenoxy) is 3. The van der Waals surface area contributed by atoms with Crippen LogP contribution in [0.3, 0.4) is 0 Å². The molecular formula is C14H22O7. The standard InChI is InChI=1S/C14H22O7/c1-3-5-7-19-10(15)9-14(18)11(21-13(14)17)12(16)20-8-6-4-2/h11,18H,3-9H2,1-2H3. The van der Waals surface area contributed by atoms with Crippen LogP contribution in [0.1, 0.15) is 46.0 Å². The highest BCUT2D eigenvalue weighted by molar-refractivity contribution is 5.99. The molecule has 0 aromatic carbocycles. The van der Waals surface area contributed by atoms with Crippen LogP contribution in [0.15, 0.2) is 0 Å². The zero-order chi connectivity index (χ0) is 15.9. The van der Waals surface area contributed by atoms with Gasteiger partial charge in [0.05, 0.1) is 19.6 Å². The predicted octanol–water partition coefficient (Wildman–Crippen LogP) is 0.720. The molecule has 1 fully saturated rings. The normalized spacial score (nSPS) is 24.0. The average Bonchev–Trinajstić information content (AvgIpc) is 2.45. The number of aliphatic hydroxyl groups is 1. The zero-order valence-corrected chi connectivity index (χ0v) is 12.4. The molecule has 0 radical (unpaired) electrons. The van der Waals surface area contributed by atoms with Gasteiger partial charge in [0.1, 0.15) is 0 Å². The van der Waals surface area contributed by atoms with E-state index in [1.165, 1.54) is 0 Å². The summed E-state index contributed by atoms with van der Waals surface area (Å²) < 4.78 is 14.4. The summed E-state index contributed by atoms with van der Waals surface area (Å²) in [5.41, 5.74) is -2.17. The summed E-state index contributed by atoms with van der Waals surface area (Å²) in [7, 11) is 0. The van der Waals surface area contributed by atoms with Gasteiger partial charge in [-0.05, 0) is 12.8 Å². The minimum absolute atomic E-state index is 0.181. The molecule has 1 aliphatic rings. The van der Waals surface area contributed by atoms with Crippen LogP contribution in [0.4, 0.5) is 0 Å². The fourth-order valence-electron chi connectivity index (χ4n) is 1.76. The Morgan fingerprint density at radius 3 is 2.29 bits per heavy atom. The fourth-order valence-corrected chi connectivity index (χ4v) is 1.76. The molecule has 1 heterocycles. The number of cyclic esters (lactones) is 1. The topological polar surface area (TPSA) is 99.1 Å². The number of rotatable bonds is 9. The third-order valence-electron chi connectivity index (χ3n) is 3.14. The van der Waals surface area contributed by atoms with Gasteiger partial charge in [-0.15, -0.1) is 0 Å². The molecule has 0 saturated carbocycles. The number of carbonyl (C=O) groups is 3. The highest BCUT2D eigenvalue weighted by Gasteiger charge is 2.63. The van der Waals surface area contributed by atoms with Crippen LogP contribution in [0.25, 0.3) is 0 Å². The minimum Gasteiger partial charge on any atom is -0.466 e. The Morgan fingerprint density at radius 1 is 1.19 bits per heavy atom. The van der Waals surface area contributed by atoms with Gasteiger partial charge in [-0.25, -0.2) is 9.59 Å². The second-order valence-corrected chi connectivity index (χ2v) is 4.98. The van der Waals surface area contributed by atoms with Crippen LogP contribution >= 0.6 is 0 Å². The first-order chi connectivity index (χ1) is 9.95. The molecule has 1 saturated heterocycles. The van der Waals surface area contributed by atoms with E-state index in [1.807, 2.05) is 13.8 Å². The predicted molar refractivity (Wildman–Crippen MR) is 71.2 cm³/mol. The molecule has 7 nitrogen and oxygen atoms in total. The zero-order valence-electron chi connectivity index (χ0n) is 12.4. The van der Waals surface area contributed by atoms with E-state index in [0.29, 0.717) is 12.8 Å². The SMILES string of the molecule is CCCCOC(=O)CC1(O)C(=O)OC1C(=O)OCCCC. The van der Waals surface area contributed by atoms with E-state index in [4.69, 9.17) is 9.47 Å². The molecule has 7 heteroatoms. The third-order valence-corrected chi connectivity index (χ3v) is 3.14. The van der Waals surface area contributed by atoms with Crippen molar-refractivity contribution >= 4 is 17.9 Å². The monoisotopic (exact) mass is 302 g/mol. The quantitative estimate of drug-likeness (QED) is 0.380. The van der Waals surface area contributed by atoms with Gasteiger partial charge in [-0.3, -0.25) is 4.79 Å². The van der Waals surface area contributed by atoms with E-state index in [0.717, 1.165) is 12.8 Å². The van der Waals surface area contributed by atoms with Crippen molar-refractivity contribution in [2.24, 2.45) is 0 Å². The average molecular weight is 302 g/mol. The van der Waals surface area contributed by atoms with Gasteiger partial charge in [0.25, 0.3) is 0 Å². The van der Waals surface area contributed by atoms with Crippen LogP contribution in [-0.2, 0) is 28.6 Å². The molecular weight excluding hydrogens is 280 g/mol. The van der Waals surface area contributed by atoms with Crippen LogP contribution < -0.4 is 0 Å². The van der Waals surface area contributed by atoms with Gasteiger partial charge in [0.2, 0.25) is 11.7 Å². The molecule has 0 bridgehead atoms. The Kier molecular flexibility index (Phi) is 6.61. The maximum atomic E-state index is 11.7. The molecule has 0 spiro atoms. The maximum Gasteiger partial charge on any atom is 0.351 e. The Morgan fingerprint density at radius 2 is 1.76 bits per heavy atom. The highest BCUT2D eigenvalue weighted by atomic mass is 16.6. The van der Waals surface area contributed by atoms with Crippen LogP contribution in [0.2, 0.25) is 0 Å². The maximum absolute atomic E-state index is 11.7. The summed E-state index contributed by atoms with van der Waals surface area (Å²) in [6.07, 6.45) is 0.988. The van der Waals surface area contributed by atoms with Crippen LogP contribution in [0, 0.1) is 0 Å². The van der Waals surface area contributed by atoms with E-state index in [9.17, 15) is 19.5 Å². The second kappa shape index (κ2) is 7.97. The number of unbranched alkanes of at least 4 members (excludes halogenated alkanes) is 2. The number of esters is 3. The Labute approximate surface area is 123 Å². The van der Waals surface area contributed by atoms with E-state index >= 15 is 0 Å². The van der Waals surface area contributed by atoms with Crippen molar-refractivity contribution in [2.75, 3.05) is 13.2 Å². The lowest BCUT2D eigenvalue weighted by atomic mass is 9.87. The van der Waals surface area contributed by atoms with Crippen LogP contribution in [0.5, 0.6) is 0 Å². The molecule has 1 rings (SSSR count). The largest absolute Gasteiger partial charge is 0.466 e. The molecule has 0 aromatic heterocycles. The lowest BCUT2D eigenvalue weighted by Crippen LogP contribution is -2.67. The van der Waals surface area contributed by atoms with Crippen molar-refractivity contribution in [3.63, 3.8) is 0 Å². The summed E-state index contributed by atoms with van der Waals surface area (Å²) in [5.74, 6) is -2.59. The van der Waals surface area contributed by atoms with E-state index < -0.39 is 36.0 Å². The van der Waals surface area contributed by atoms with E-state index in [2.05, 4.69) is 4.74 Å². The first-order valence-corrected chi connectivity index (χ1v) is 7.21. The lowest BCUT2D eigenvalue weighted by Gasteiger charge is -2.39. The summed E-state index contributed by atoms with van der Waals surface area (Å²) >= 11 is 0. The summed E-state index contributed by atoms with van der Waals surface area (Å²) in [6.45, 7) is 4.26. The van der Waals surface area contributed by atoms with Gasteiger partial charge in [-0.2, -0.15) is 0 Å². The Balaban J connectivity index is 2.50. The van der Waals surface area contributed by atoms with Crippen molar-refractivity contribution in [1.82, 2.24) is 0 Å². The summed E-state index contributed by atoms with van der Waals surface area (Å²) in [4.78, 5) is 34.6. The third kappa shape index (κ3) is 4.42. The molecule has 120 valence electrons. The first-order valence-electron chi connectivity index (χ1n) is 7.21. The lowest BCUT2D eigenvalue weighted by molar-refractivity contribution is -0.237. The van der Waals surface area contributed by atoms with Crippen molar-refractivity contribution in [2.45, 2.75) is 57.7 Å². The Hall–Kier alpha value is -1.63. The second-order valence-electron chi connectivity index (χ2n) is 4.98. The minimum atomic E-state index is -2.17. The number of hydrogen-bond acceptors (Lipinski definition) is 7.